The van der Waals surface area contributed by atoms with Gasteiger partial charge in [-0.1, -0.05) is 13.0 Å². The molecule has 9 nitrogen and oxygen atoms in total. The lowest BCUT2D eigenvalue weighted by Crippen LogP contribution is -2.60. The first-order chi connectivity index (χ1) is 18.5. The van der Waals surface area contributed by atoms with Gasteiger partial charge in [0, 0.05) is 48.9 Å². The van der Waals surface area contributed by atoms with Gasteiger partial charge in [-0.2, -0.15) is 17.6 Å². The number of β-amino-alcohol motifs (C(OH)–C–C–N with tert-alkyl or cyclic N) is 1. The normalized spacial score (nSPS) is 26.3. The van der Waals surface area contributed by atoms with Crippen molar-refractivity contribution in [3.63, 3.8) is 0 Å². The number of primary amides is 1. The van der Waals surface area contributed by atoms with Gasteiger partial charge >= 0.3 is 6.18 Å². The van der Waals surface area contributed by atoms with Crippen LogP contribution in [-0.2, 0) is 9.53 Å². The molecule has 4 N–H and O–H groups in total. The smallest absolute Gasteiger partial charge is 0.417 e. The summed E-state index contributed by atoms with van der Waals surface area (Å²) >= 11 is 0. The molecule has 0 saturated carbocycles. The number of carbonyl (C=O) groups is 2. The highest BCUT2D eigenvalue weighted by atomic mass is 19.4. The van der Waals surface area contributed by atoms with Gasteiger partial charge in [-0.3, -0.25) is 19.5 Å². The molecule has 4 atom stereocenters. The van der Waals surface area contributed by atoms with Gasteiger partial charge in [0.25, 0.3) is 11.8 Å². The molecular formula is C26H29F5N4O5. The molecule has 2 amide bonds. The minimum Gasteiger partial charge on any atom is -0.489 e. The summed E-state index contributed by atoms with van der Waals surface area (Å²) < 4.78 is 82.9. The average molecular weight is 573 g/mol. The summed E-state index contributed by atoms with van der Waals surface area (Å²) in [6.45, 7) is 4.37. The van der Waals surface area contributed by atoms with Crippen LogP contribution in [0.1, 0.15) is 42.7 Å². The molecule has 0 spiro atoms. The van der Waals surface area contributed by atoms with E-state index >= 15 is 4.39 Å². The third-order valence-corrected chi connectivity index (χ3v) is 7.43. The van der Waals surface area contributed by atoms with Crippen LogP contribution in [0, 0.1) is 17.6 Å². The standard InChI is InChI=1S/C26H29F5N4O5/c1-13-18(15-4-5-16(27)19(28)20(15)39-9-8-35-11-24(2,38)12-35)21(40-25(13,3)26(29,30)31)23(37)34-14-6-7-33-17(10-14)22(32)36/h4-7,10,13,18,21,38H,8-9,11-12H2,1-3H3,(H2,32,36)(H,33,34,37)/t13-,18-,21+,25+/m0/s1. The average Bonchev–Trinajstić information content (AvgIpc) is 3.12. The second-order valence-electron chi connectivity index (χ2n) is 10.6. The Morgan fingerprint density at radius 3 is 2.52 bits per heavy atom. The van der Waals surface area contributed by atoms with Crippen molar-refractivity contribution in [1.29, 1.82) is 0 Å². The number of nitrogens with zero attached hydrogens (tertiary/aromatic N) is 2. The summed E-state index contributed by atoms with van der Waals surface area (Å²) in [6, 6.07) is 4.25. The maximum absolute atomic E-state index is 15.0. The van der Waals surface area contributed by atoms with Crippen LogP contribution >= 0.6 is 0 Å². The Labute approximate surface area is 226 Å². The predicted molar refractivity (Wildman–Crippen MR) is 132 cm³/mol. The summed E-state index contributed by atoms with van der Waals surface area (Å²) in [5, 5.41) is 12.3. The number of benzene rings is 1. The SMILES string of the molecule is C[C@H]1[C@@H](c2ccc(F)c(F)c2OCCN2CC(C)(O)C2)[C@H](C(=O)Nc2ccnc(C(N)=O)c2)O[C@@]1(C)C(F)(F)F. The maximum atomic E-state index is 15.0. The molecule has 0 aliphatic carbocycles. The molecule has 1 aromatic carbocycles. The Hall–Kier alpha value is -3.36. The van der Waals surface area contributed by atoms with Crippen LogP contribution in [0.4, 0.5) is 27.6 Å². The summed E-state index contributed by atoms with van der Waals surface area (Å²) in [7, 11) is 0. The van der Waals surface area contributed by atoms with Gasteiger partial charge < -0.3 is 25.6 Å². The van der Waals surface area contributed by atoms with Crippen LogP contribution in [0.2, 0.25) is 0 Å². The number of carbonyl (C=O) groups excluding carboxylic acids is 2. The second-order valence-corrected chi connectivity index (χ2v) is 10.6. The van der Waals surface area contributed by atoms with E-state index < -0.39 is 64.5 Å². The number of anilines is 1. The van der Waals surface area contributed by atoms with Crippen LogP contribution in [0.3, 0.4) is 0 Å². The van der Waals surface area contributed by atoms with Gasteiger partial charge in [-0.25, -0.2) is 4.39 Å². The third kappa shape index (κ3) is 5.60. The lowest BCUT2D eigenvalue weighted by Gasteiger charge is -2.44. The summed E-state index contributed by atoms with van der Waals surface area (Å²) in [5.41, 5.74) is 1.13. The van der Waals surface area contributed by atoms with Gasteiger partial charge in [-0.15, -0.1) is 0 Å². The molecule has 0 bridgehead atoms. The van der Waals surface area contributed by atoms with Crippen LogP contribution in [0.15, 0.2) is 30.5 Å². The van der Waals surface area contributed by atoms with Crippen LogP contribution in [-0.4, -0.2) is 76.5 Å². The zero-order valence-corrected chi connectivity index (χ0v) is 21.9. The minimum atomic E-state index is -4.93. The molecule has 0 unspecified atom stereocenters. The Bertz CT molecular complexity index is 1300. The van der Waals surface area contributed by atoms with Gasteiger partial charge in [0.2, 0.25) is 5.82 Å². The van der Waals surface area contributed by atoms with E-state index in [9.17, 15) is 32.3 Å². The van der Waals surface area contributed by atoms with Crippen molar-refractivity contribution < 1.29 is 46.1 Å². The molecule has 2 aromatic rings. The van der Waals surface area contributed by atoms with Crippen molar-refractivity contribution >= 4 is 17.5 Å². The first-order valence-electron chi connectivity index (χ1n) is 12.4. The van der Waals surface area contributed by atoms with Gasteiger partial charge in [0.15, 0.2) is 17.2 Å². The largest absolute Gasteiger partial charge is 0.489 e. The highest BCUT2D eigenvalue weighted by Gasteiger charge is 2.66. The monoisotopic (exact) mass is 572 g/mol. The maximum Gasteiger partial charge on any atom is 0.417 e. The highest BCUT2D eigenvalue weighted by molar-refractivity contribution is 5.97. The fourth-order valence-corrected chi connectivity index (χ4v) is 5.19. The number of hydrogen-bond acceptors (Lipinski definition) is 7. The van der Waals surface area contributed by atoms with E-state index in [1.165, 1.54) is 19.2 Å². The zero-order chi connectivity index (χ0) is 29.6. The number of hydrogen-bond donors (Lipinski definition) is 3. The molecule has 0 radical (unpaired) electrons. The molecule has 2 saturated heterocycles. The number of alkyl halides is 3. The van der Waals surface area contributed by atoms with E-state index in [2.05, 4.69) is 10.3 Å². The van der Waals surface area contributed by atoms with E-state index in [0.29, 0.717) is 13.1 Å². The first-order valence-corrected chi connectivity index (χ1v) is 12.4. The number of ether oxygens (including phenoxy) is 2. The first kappa shape index (κ1) is 29.6. The van der Waals surface area contributed by atoms with Crippen molar-refractivity contribution in [2.24, 2.45) is 11.7 Å². The molecule has 1 aromatic heterocycles. The van der Waals surface area contributed by atoms with Gasteiger partial charge in [-0.05, 0) is 32.0 Å². The third-order valence-electron chi connectivity index (χ3n) is 7.43. The lowest BCUT2D eigenvalue weighted by atomic mass is 9.77. The fraction of sp³-hybridized carbons (Fsp3) is 0.500. The quantitative estimate of drug-likeness (QED) is 0.415. The Morgan fingerprint density at radius 2 is 1.93 bits per heavy atom. The number of pyridine rings is 1. The Balaban J connectivity index is 1.68. The van der Waals surface area contributed by atoms with Crippen molar-refractivity contribution in [3.05, 3.63) is 53.4 Å². The fourth-order valence-electron chi connectivity index (χ4n) is 5.19. The van der Waals surface area contributed by atoms with Crippen molar-refractivity contribution in [2.45, 2.75) is 50.2 Å². The molecule has 3 heterocycles. The van der Waals surface area contributed by atoms with Crippen molar-refractivity contribution in [2.75, 3.05) is 31.6 Å². The molecule has 2 fully saturated rings. The van der Waals surface area contributed by atoms with E-state index in [-0.39, 0.29) is 30.1 Å². The summed E-state index contributed by atoms with van der Waals surface area (Å²) in [5.74, 6) is -8.11. The van der Waals surface area contributed by atoms with Gasteiger partial charge in [0.1, 0.15) is 18.4 Å². The van der Waals surface area contributed by atoms with E-state index in [4.69, 9.17) is 15.2 Å². The number of halogens is 5. The molecule has 40 heavy (non-hydrogen) atoms. The van der Waals surface area contributed by atoms with E-state index in [1.807, 2.05) is 0 Å². The number of aromatic nitrogens is 1. The van der Waals surface area contributed by atoms with E-state index in [0.717, 1.165) is 25.1 Å². The summed E-state index contributed by atoms with van der Waals surface area (Å²) in [4.78, 5) is 30.3. The minimum absolute atomic E-state index is 0.0107. The van der Waals surface area contributed by atoms with Crippen LogP contribution in [0.5, 0.6) is 5.75 Å². The number of aliphatic hydroxyl groups is 1. The van der Waals surface area contributed by atoms with Gasteiger partial charge in [0.05, 0.1) is 5.60 Å². The molecule has 2 aliphatic rings. The number of amides is 2. The molecule has 14 heteroatoms. The molecule has 4 rings (SSSR count). The predicted octanol–water partition coefficient (Wildman–Crippen LogP) is 2.98. The summed E-state index contributed by atoms with van der Waals surface area (Å²) in [6.07, 6.45) is -5.57. The molecule has 218 valence electrons. The highest BCUT2D eigenvalue weighted by Crippen LogP contribution is 2.55. The number of nitrogens with two attached hydrogens (primary N) is 1. The molecular weight excluding hydrogens is 543 g/mol. The zero-order valence-electron chi connectivity index (χ0n) is 21.9. The van der Waals surface area contributed by atoms with Crippen molar-refractivity contribution in [3.8, 4) is 5.75 Å². The van der Waals surface area contributed by atoms with Crippen LogP contribution in [0.25, 0.3) is 0 Å². The number of rotatable bonds is 8. The second kappa shape index (κ2) is 10.6. The Kier molecular flexibility index (Phi) is 7.82. The van der Waals surface area contributed by atoms with E-state index in [1.54, 1.807) is 11.8 Å². The molecule has 2 aliphatic heterocycles. The lowest BCUT2D eigenvalue weighted by molar-refractivity contribution is -0.272. The Morgan fingerprint density at radius 1 is 1.25 bits per heavy atom. The number of likely N-dealkylation sites (tertiary alicyclic amines) is 1. The topological polar surface area (TPSA) is 127 Å². The van der Waals surface area contributed by atoms with Crippen LogP contribution < -0.4 is 15.8 Å². The van der Waals surface area contributed by atoms with Crippen molar-refractivity contribution in [1.82, 2.24) is 9.88 Å². The number of nitrogens with one attached hydrogen (secondary N) is 1.